The Morgan fingerprint density at radius 2 is 2.00 bits per heavy atom. The van der Waals surface area contributed by atoms with E-state index in [1.807, 2.05) is 13.8 Å². The molecule has 0 spiro atoms. The number of nitrogen functional groups attached to an aromatic ring is 1. The molecule has 0 saturated carbocycles. The summed E-state index contributed by atoms with van der Waals surface area (Å²) < 4.78 is 5.42. The SMILES string of the molecule is COC(=O)[C@H](CC(C)C)NC(=O)c1cc(N)cc(Br)c1. The first-order chi connectivity index (χ1) is 9.33. The highest BCUT2D eigenvalue weighted by Crippen LogP contribution is 2.17. The molecule has 110 valence electrons. The van der Waals surface area contributed by atoms with Crippen molar-refractivity contribution in [1.29, 1.82) is 0 Å². The second-order valence-corrected chi connectivity index (χ2v) is 5.87. The van der Waals surface area contributed by atoms with Crippen molar-refractivity contribution in [3.05, 3.63) is 28.2 Å². The summed E-state index contributed by atoms with van der Waals surface area (Å²) in [6.07, 6.45) is 0.516. The van der Waals surface area contributed by atoms with E-state index in [4.69, 9.17) is 10.5 Å². The van der Waals surface area contributed by atoms with Gasteiger partial charge < -0.3 is 15.8 Å². The van der Waals surface area contributed by atoms with Crippen LogP contribution in [0.2, 0.25) is 0 Å². The van der Waals surface area contributed by atoms with Crippen LogP contribution in [0.5, 0.6) is 0 Å². The molecular formula is C14H19BrN2O3. The second-order valence-electron chi connectivity index (χ2n) is 4.95. The van der Waals surface area contributed by atoms with E-state index in [1.54, 1.807) is 18.2 Å². The minimum atomic E-state index is -0.660. The highest BCUT2D eigenvalue weighted by Gasteiger charge is 2.23. The van der Waals surface area contributed by atoms with E-state index >= 15 is 0 Å². The van der Waals surface area contributed by atoms with Gasteiger partial charge in [0.05, 0.1) is 7.11 Å². The van der Waals surface area contributed by atoms with Gasteiger partial charge in [-0.2, -0.15) is 0 Å². The highest BCUT2D eigenvalue weighted by molar-refractivity contribution is 9.10. The van der Waals surface area contributed by atoms with E-state index in [0.717, 1.165) is 0 Å². The predicted octanol–water partition coefficient (Wildman–Crippen LogP) is 2.35. The molecule has 0 unspecified atom stereocenters. The Hall–Kier alpha value is -1.56. The third-order valence-electron chi connectivity index (χ3n) is 2.68. The van der Waals surface area contributed by atoms with Gasteiger partial charge in [0.15, 0.2) is 0 Å². The van der Waals surface area contributed by atoms with E-state index in [9.17, 15) is 9.59 Å². The first kappa shape index (κ1) is 16.5. The molecule has 1 aromatic carbocycles. The minimum Gasteiger partial charge on any atom is -0.467 e. The normalized spacial score (nSPS) is 12.1. The van der Waals surface area contributed by atoms with Crippen LogP contribution in [-0.2, 0) is 9.53 Å². The van der Waals surface area contributed by atoms with Crippen molar-refractivity contribution in [1.82, 2.24) is 5.32 Å². The van der Waals surface area contributed by atoms with Crippen LogP contribution in [0.25, 0.3) is 0 Å². The second kappa shape index (κ2) is 7.28. The van der Waals surface area contributed by atoms with Gasteiger partial charge in [0, 0.05) is 15.7 Å². The molecule has 0 radical (unpaired) electrons. The molecule has 1 rings (SSSR count). The lowest BCUT2D eigenvalue weighted by molar-refractivity contribution is -0.143. The Labute approximate surface area is 127 Å². The number of nitrogens with one attached hydrogen (secondary N) is 1. The maximum absolute atomic E-state index is 12.2. The van der Waals surface area contributed by atoms with Crippen LogP contribution >= 0.6 is 15.9 Å². The number of carbonyl (C=O) groups is 2. The van der Waals surface area contributed by atoms with Crippen LogP contribution in [0.3, 0.4) is 0 Å². The van der Waals surface area contributed by atoms with Gasteiger partial charge in [0.1, 0.15) is 6.04 Å². The number of halogens is 1. The third kappa shape index (κ3) is 4.85. The van der Waals surface area contributed by atoms with E-state index < -0.39 is 12.0 Å². The van der Waals surface area contributed by atoms with Crippen molar-refractivity contribution < 1.29 is 14.3 Å². The van der Waals surface area contributed by atoms with Gasteiger partial charge in [-0.1, -0.05) is 29.8 Å². The molecule has 0 aliphatic rings. The van der Waals surface area contributed by atoms with Crippen LogP contribution < -0.4 is 11.1 Å². The zero-order chi connectivity index (χ0) is 15.3. The maximum Gasteiger partial charge on any atom is 0.328 e. The number of hydrogen-bond donors (Lipinski definition) is 2. The first-order valence-corrected chi connectivity index (χ1v) is 7.07. The predicted molar refractivity (Wildman–Crippen MR) is 81.3 cm³/mol. The van der Waals surface area contributed by atoms with Gasteiger partial charge >= 0.3 is 5.97 Å². The van der Waals surface area contributed by atoms with Crippen molar-refractivity contribution in [3.63, 3.8) is 0 Å². The summed E-state index contributed by atoms with van der Waals surface area (Å²) in [6, 6.07) is 4.25. The van der Waals surface area contributed by atoms with Crippen LogP contribution in [0.1, 0.15) is 30.6 Å². The fourth-order valence-electron chi connectivity index (χ4n) is 1.81. The maximum atomic E-state index is 12.2. The number of hydrogen-bond acceptors (Lipinski definition) is 4. The number of esters is 1. The van der Waals surface area contributed by atoms with Crippen molar-refractivity contribution in [3.8, 4) is 0 Å². The Balaban J connectivity index is 2.87. The molecular weight excluding hydrogens is 324 g/mol. The lowest BCUT2D eigenvalue weighted by Crippen LogP contribution is -2.42. The summed E-state index contributed by atoms with van der Waals surface area (Å²) in [4.78, 5) is 23.8. The Bertz CT molecular complexity index is 483. The average Bonchev–Trinajstić information content (AvgIpc) is 2.35. The van der Waals surface area contributed by atoms with E-state index in [2.05, 4.69) is 21.2 Å². The fraction of sp³-hybridized carbons (Fsp3) is 0.429. The third-order valence-corrected chi connectivity index (χ3v) is 3.14. The van der Waals surface area contributed by atoms with Crippen molar-refractivity contribution in [2.75, 3.05) is 12.8 Å². The zero-order valence-corrected chi connectivity index (χ0v) is 13.4. The van der Waals surface area contributed by atoms with Crippen LogP contribution in [0, 0.1) is 5.92 Å². The zero-order valence-electron chi connectivity index (χ0n) is 11.8. The standard InChI is InChI=1S/C14H19BrN2O3/c1-8(2)4-12(14(19)20-3)17-13(18)9-5-10(15)7-11(16)6-9/h5-8,12H,4,16H2,1-3H3,(H,17,18)/t12-/m0/s1. The number of nitrogens with two attached hydrogens (primary N) is 1. The molecule has 20 heavy (non-hydrogen) atoms. The summed E-state index contributed by atoms with van der Waals surface area (Å²) in [6.45, 7) is 3.94. The molecule has 0 aliphatic heterocycles. The fourth-order valence-corrected chi connectivity index (χ4v) is 2.32. The summed E-state index contributed by atoms with van der Waals surface area (Å²) in [5.74, 6) is -0.545. The van der Waals surface area contributed by atoms with E-state index in [1.165, 1.54) is 7.11 Å². The van der Waals surface area contributed by atoms with Crippen LogP contribution in [-0.4, -0.2) is 25.0 Å². The van der Waals surface area contributed by atoms with Gasteiger partial charge in [0.25, 0.3) is 5.91 Å². The Kier molecular flexibility index (Phi) is 6.01. The molecule has 1 amide bonds. The Morgan fingerprint density at radius 1 is 1.35 bits per heavy atom. The molecule has 1 aromatic rings. The van der Waals surface area contributed by atoms with Crippen molar-refractivity contribution in [2.24, 2.45) is 5.92 Å². The summed E-state index contributed by atoms with van der Waals surface area (Å²) in [7, 11) is 1.30. The number of benzene rings is 1. The molecule has 0 aromatic heterocycles. The largest absolute Gasteiger partial charge is 0.467 e. The average molecular weight is 343 g/mol. The number of anilines is 1. The number of methoxy groups -OCH3 is 1. The molecule has 3 N–H and O–H groups in total. The minimum absolute atomic E-state index is 0.256. The van der Waals surface area contributed by atoms with Gasteiger partial charge in [-0.25, -0.2) is 4.79 Å². The molecule has 1 atom stereocenters. The summed E-state index contributed by atoms with van der Waals surface area (Å²) in [5.41, 5.74) is 6.57. The van der Waals surface area contributed by atoms with Crippen molar-refractivity contribution >= 4 is 33.5 Å². The highest BCUT2D eigenvalue weighted by atomic mass is 79.9. The molecule has 0 heterocycles. The summed E-state index contributed by atoms with van der Waals surface area (Å²) in [5, 5.41) is 2.68. The van der Waals surface area contributed by atoms with Crippen LogP contribution in [0.15, 0.2) is 22.7 Å². The van der Waals surface area contributed by atoms with Gasteiger partial charge in [-0.3, -0.25) is 4.79 Å². The van der Waals surface area contributed by atoms with E-state index in [-0.39, 0.29) is 11.8 Å². The molecule has 6 heteroatoms. The lowest BCUT2D eigenvalue weighted by Gasteiger charge is -2.18. The molecule has 5 nitrogen and oxygen atoms in total. The lowest BCUT2D eigenvalue weighted by atomic mass is 10.0. The number of amides is 1. The van der Waals surface area contributed by atoms with Gasteiger partial charge in [-0.05, 0) is 30.5 Å². The Morgan fingerprint density at radius 3 is 2.50 bits per heavy atom. The molecule has 0 bridgehead atoms. The molecule has 0 saturated heterocycles. The molecule has 0 aliphatic carbocycles. The number of carbonyl (C=O) groups excluding carboxylic acids is 2. The number of ether oxygens (including phenoxy) is 1. The van der Waals surface area contributed by atoms with Gasteiger partial charge in [-0.15, -0.1) is 0 Å². The van der Waals surface area contributed by atoms with Gasteiger partial charge in [0.2, 0.25) is 0 Å². The van der Waals surface area contributed by atoms with Crippen LogP contribution in [0.4, 0.5) is 5.69 Å². The first-order valence-electron chi connectivity index (χ1n) is 6.28. The smallest absolute Gasteiger partial charge is 0.328 e. The summed E-state index contributed by atoms with van der Waals surface area (Å²) >= 11 is 3.28. The van der Waals surface area contributed by atoms with E-state index in [0.29, 0.717) is 22.1 Å². The topological polar surface area (TPSA) is 81.4 Å². The quantitative estimate of drug-likeness (QED) is 0.635. The number of rotatable bonds is 5. The van der Waals surface area contributed by atoms with Crippen molar-refractivity contribution in [2.45, 2.75) is 26.3 Å². The molecule has 0 fully saturated rings. The monoisotopic (exact) mass is 342 g/mol.